The lowest BCUT2D eigenvalue weighted by Gasteiger charge is -2.35. The molecule has 5 N–H and O–H groups in total. The number of hydrogen-bond acceptors (Lipinski definition) is 8. The predicted octanol–water partition coefficient (Wildman–Crippen LogP) is 2.42. The van der Waals surface area contributed by atoms with Crippen LogP contribution in [0.5, 0.6) is 0 Å². The fourth-order valence-corrected chi connectivity index (χ4v) is 5.08. The van der Waals surface area contributed by atoms with Crippen LogP contribution in [0.15, 0.2) is 39.8 Å². The fraction of sp³-hybridized carbons (Fsp3) is 0.500. The summed E-state index contributed by atoms with van der Waals surface area (Å²) in [7, 11) is -3.72. The lowest BCUT2D eigenvalue weighted by Crippen LogP contribution is -2.39. The number of rotatable bonds is 6. The number of β-amino-alcohol motifs (C(OH)–C–C–N with tert-alkyl or cyclic N) is 1. The second-order valence-corrected chi connectivity index (χ2v) is 10.6. The first kappa shape index (κ1) is 22.4. The molecular weight excluding hydrogens is 484 g/mol. The third-order valence-corrected chi connectivity index (χ3v) is 7.44. The fourth-order valence-electron chi connectivity index (χ4n) is 4.26. The van der Waals surface area contributed by atoms with Gasteiger partial charge in [-0.2, -0.15) is 4.98 Å². The first-order valence-corrected chi connectivity index (χ1v) is 12.7. The molecule has 0 spiro atoms. The number of halogens is 1. The van der Waals surface area contributed by atoms with E-state index in [1.165, 1.54) is 12.1 Å². The standard InChI is InChI=1S/C20H27BrN6O3S/c21-18-11-23-20(25-14-3-7-17(8-4-14)31(22,29)30)26-19(18)24-13-1-5-15(6-2-13)27-10-9-16(28)12-27/h3-4,7-8,11,13,15-16,28H,1-2,5-6,9-10,12H2,(H2,22,29,30)(H2,23,24,25,26). The summed E-state index contributed by atoms with van der Waals surface area (Å²) in [6.07, 6.45) is 6.70. The second-order valence-electron chi connectivity index (χ2n) is 8.17. The molecule has 2 aliphatic rings. The van der Waals surface area contributed by atoms with Crippen molar-refractivity contribution in [3.05, 3.63) is 34.9 Å². The van der Waals surface area contributed by atoms with Crippen molar-refractivity contribution >= 4 is 43.4 Å². The number of hydrogen-bond donors (Lipinski definition) is 4. The van der Waals surface area contributed by atoms with E-state index < -0.39 is 10.0 Å². The minimum absolute atomic E-state index is 0.0520. The molecule has 2 aromatic rings. The van der Waals surface area contributed by atoms with Gasteiger partial charge in [0.1, 0.15) is 5.82 Å². The van der Waals surface area contributed by atoms with E-state index in [0.29, 0.717) is 23.7 Å². The monoisotopic (exact) mass is 510 g/mol. The van der Waals surface area contributed by atoms with Gasteiger partial charge in [-0.05, 0) is 72.3 Å². The Balaban J connectivity index is 1.36. The van der Waals surface area contributed by atoms with Gasteiger partial charge in [-0.1, -0.05) is 0 Å². The molecule has 1 atom stereocenters. The highest BCUT2D eigenvalue weighted by Gasteiger charge is 2.30. The van der Waals surface area contributed by atoms with Crippen LogP contribution in [0.4, 0.5) is 17.5 Å². The molecule has 1 aliphatic carbocycles. The topological polar surface area (TPSA) is 133 Å². The van der Waals surface area contributed by atoms with Gasteiger partial charge in [-0.25, -0.2) is 18.5 Å². The van der Waals surface area contributed by atoms with Crippen molar-refractivity contribution in [2.24, 2.45) is 5.14 Å². The van der Waals surface area contributed by atoms with Gasteiger partial charge in [0.15, 0.2) is 0 Å². The zero-order valence-corrected chi connectivity index (χ0v) is 19.4. The van der Waals surface area contributed by atoms with Crippen LogP contribution >= 0.6 is 15.9 Å². The van der Waals surface area contributed by atoms with Crippen LogP contribution in [0, 0.1) is 0 Å². The Labute approximate surface area is 190 Å². The van der Waals surface area contributed by atoms with Crippen molar-refractivity contribution in [3.63, 3.8) is 0 Å². The van der Waals surface area contributed by atoms with Crippen molar-refractivity contribution in [3.8, 4) is 0 Å². The van der Waals surface area contributed by atoms with Crippen LogP contribution in [0.2, 0.25) is 0 Å². The van der Waals surface area contributed by atoms with Crippen molar-refractivity contribution in [2.45, 2.75) is 55.2 Å². The van der Waals surface area contributed by atoms with Gasteiger partial charge in [-0.15, -0.1) is 0 Å². The predicted molar refractivity (Wildman–Crippen MR) is 123 cm³/mol. The zero-order valence-electron chi connectivity index (χ0n) is 17.0. The molecule has 4 rings (SSSR count). The highest BCUT2D eigenvalue weighted by atomic mass is 79.9. The molecule has 2 heterocycles. The summed E-state index contributed by atoms with van der Waals surface area (Å²) >= 11 is 3.51. The summed E-state index contributed by atoms with van der Waals surface area (Å²) in [6, 6.07) is 7.00. The number of nitrogens with zero attached hydrogens (tertiary/aromatic N) is 3. The molecule has 0 amide bonds. The number of aliphatic hydroxyl groups excluding tert-OH is 1. The second kappa shape index (κ2) is 9.37. The van der Waals surface area contributed by atoms with E-state index in [1.807, 2.05) is 0 Å². The summed E-state index contributed by atoms with van der Waals surface area (Å²) in [5, 5.41) is 21.5. The Morgan fingerprint density at radius 2 is 1.84 bits per heavy atom. The molecule has 0 bridgehead atoms. The number of nitrogens with one attached hydrogen (secondary N) is 2. The van der Waals surface area contributed by atoms with E-state index in [0.717, 1.165) is 55.5 Å². The van der Waals surface area contributed by atoms with Gasteiger partial charge in [0, 0.05) is 37.1 Å². The van der Waals surface area contributed by atoms with E-state index in [9.17, 15) is 13.5 Å². The zero-order chi connectivity index (χ0) is 22.0. The van der Waals surface area contributed by atoms with E-state index >= 15 is 0 Å². The van der Waals surface area contributed by atoms with E-state index in [1.54, 1.807) is 18.3 Å². The first-order valence-electron chi connectivity index (χ1n) is 10.4. The Kier molecular flexibility index (Phi) is 6.77. The molecule has 1 aromatic heterocycles. The Bertz CT molecular complexity index is 1010. The number of primary sulfonamides is 1. The number of anilines is 3. The van der Waals surface area contributed by atoms with Crippen molar-refractivity contribution in [2.75, 3.05) is 23.7 Å². The highest BCUT2D eigenvalue weighted by molar-refractivity contribution is 9.10. The molecule has 1 saturated heterocycles. The highest BCUT2D eigenvalue weighted by Crippen LogP contribution is 2.30. The Morgan fingerprint density at radius 3 is 2.45 bits per heavy atom. The minimum atomic E-state index is -3.72. The number of aliphatic hydroxyl groups is 1. The summed E-state index contributed by atoms with van der Waals surface area (Å²) in [5.74, 6) is 1.13. The molecule has 1 aliphatic heterocycles. The first-order chi connectivity index (χ1) is 14.8. The van der Waals surface area contributed by atoms with Crippen LogP contribution < -0.4 is 15.8 Å². The van der Waals surface area contributed by atoms with Gasteiger partial charge < -0.3 is 15.7 Å². The Morgan fingerprint density at radius 1 is 1.13 bits per heavy atom. The molecule has 0 radical (unpaired) electrons. The van der Waals surface area contributed by atoms with Crippen LogP contribution in [0.3, 0.4) is 0 Å². The quantitative estimate of drug-likeness (QED) is 0.465. The maximum Gasteiger partial charge on any atom is 0.238 e. The third kappa shape index (κ3) is 5.72. The Hall–Kier alpha value is -1.79. The number of sulfonamides is 1. The van der Waals surface area contributed by atoms with Crippen molar-refractivity contribution in [1.29, 1.82) is 0 Å². The van der Waals surface area contributed by atoms with Gasteiger partial charge in [0.05, 0.1) is 15.5 Å². The SMILES string of the molecule is NS(=O)(=O)c1ccc(Nc2ncc(Br)c(NC3CCC(N4CCC(O)C4)CC3)n2)cc1. The van der Waals surface area contributed by atoms with Crippen LogP contribution in [-0.4, -0.2) is 59.7 Å². The number of likely N-dealkylation sites (tertiary alicyclic amines) is 1. The molecule has 2 fully saturated rings. The molecule has 1 aromatic carbocycles. The lowest BCUT2D eigenvalue weighted by molar-refractivity contribution is 0.140. The molecule has 1 saturated carbocycles. The van der Waals surface area contributed by atoms with Crippen LogP contribution in [-0.2, 0) is 10.0 Å². The van der Waals surface area contributed by atoms with E-state index in [-0.39, 0.29) is 11.0 Å². The largest absolute Gasteiger partial charge is 0.392 e. The maximum atomic E-state index is 11.4. The third-order valence-electron chi connectivity index (χ3n) is 5.93. The summed E-state index contributed by atoms with van der Waals surface area (Å²) in [6.45, 7) is 1.79. The average molecular weight is 511 g/mol. The van der Waals surface area contributed by atoms with Gasteiger partial charge in [-0.3, -0.25) is 4.90 Å². The normalized spacial score (nSPS) is 24.8. The maximum absolute atomic E-state index is 11.4. The van der Waals surface area contributed by atoms with Crippen molar-refractivity contribution in [1.82, 2.24) is 14.9 Å². The van der Waals surface area contributed by atoms with E-state index in [2.05, 4.69) is 41.4 Å². The van der Waals surface area contributed by atoms with Crippen LogP contribution in [0.25, 0.3) is 0 Å². The molecule has 31 heavy (non-hydrogen) atoms. The average Bonchev–Trinajstić information content (AvgIpc) is 3.17. The molecule has 9 nitrogen and oxygen atoms in total. The number of aromatic nitrogens is 2. The number of nitrogens with two attached hydrogens (primary N) is 1. The van der Waals surface area contributed by atoms with Gasteiger partial charge >= 0.3 is 0 Å². The summed E-state index contributed by atoms with van der Waals surface area (Å²) < 4.78 is 23.6. The minimum Gasteiger partial charge on any atom is -0.392 e. The van der Waals surface area contributed by atoms with Crippen LogP contribution in [0.1, 0.15) is 32.1 Å². The number of benzene rings is 1. The smallest absolute Gasteiger partial charge is 0.238 e. The summed E-state index contributed by atoms with van der Waals surface area (Å²) in [4.78, 5) is 11.3. The molecule has 11 heteroatoms. The lowest BCUT2D eigenvalue weighted by atomic mass is 9.90. The molecular formula is C20H27BrN6O3S. The summed E-state index contributed by atoms with van der Waals surface area (Å²) in [5.41, 5.74) is 0.661. The molecule has 168 valence electrons. The van der Waals surface area contributed by atoms with Crippen molar-refractivity contribution < 1.29 is 13.5 Å². The van der Waals surface area contributed by atoms with Gasteiger partial charge in [0.2, 0.25) is 16.0 Å². The molecule has 1 unspecified atom stereocenters. The van der Waals surface area contributed by atoms with E-state index in [4.69, 9.17) is 5.14 Å². The van der Waals surface area contributed by atoms with Gasteiger partial charge in [0.25, 0.3) is 0 Å².